The number of likely N-dealkylation sites (tertiary alicyclic amines) is 1. The first-order chi connectivity index (χ1) is 17.5. The normalized spacial score (nSPS) is 28.3. The maximum absolute atomic E-state index is 13.9. The summed E-state index contributed by atoms with van der Waals surface area (Å²) in [4.78, 5) is 46.3. The van der Waals surface area contributed by atoms with Crippen LogP contribution in [0.4, 0.5) is 5.69 Å². The molecule has 8 heteroatoms. The van der Waals surface area contributed by atoms with Crippen LogP contribution in [0.15, 0.2) is 24.3 Å². The van der Waals surface area contributed by atoms with Gasteiger partial charge in [-0.2, -0.15) is 0 Å². The molecule has 0 unspecified atom stereocenters. The van der Waals surface area contributed by atoms with E-state index in [4.69, 9.17) is 4.74 Å². The van der Waals surface area contributed by atoms with Gasteiger partial charge in [-0.05, 0) is 56.5 Å². The van der Waals surface area contributed by atoms with Crippen LogP contribution in [-0.4, -0.2) is 92.0 Å². The number of ether oxygens (including phenoxy) is 1. The Bertz CT molecular complexity index is 953. The van der Waals surface area contributed by atoms with E-state index in [1.165, 1.54) is 0 Å². The number of rotatable bonds is 6. The SMILES string of the molecule is CC[C@H]1CN(C(=O)[C@@H](NC(=O)c2ccc(N3CCN(C)CC3)cc2)C2CCCCC2)[C@@H]2C(=O)CO[C@H]12. The molecule has 1 saturated carbocycles. The van der Waals surface area contributed by atoms with Crippen LogP contribution < -0.4 is 10.2 Å². The van der Waals surface area contributed by atoms with E-state index in [2.05, 4.69) is 29.1 Å². The molecule has 4 aliphatic rings. The van der Waals surface area contributed by atoms with Crippen molar-refractivity contribution in [2.45, 2.75) is 63.6 Å². The summed E-state index contributed by atoms with van der Waals surface area (Å²) in [7, 11) is 2.13. The number of likely N-dealkylation sites (N-methyl/N-ethyl adjacent to an activating group) is 1. The van der Waals surface area contributed by atoms with Crippen molar-refractivity contribution in [2.24, 2.45) is 11.8 Å². The molecule has 196 valence electrons. The lowest BCUT2D eigenvalue weighted by atomic mass is 9.83. The predicted octanol–water partition coefficient (Wildman–Crippen LogP) is 2.32. The summed E-state index contributed by atoms with van der Waals surface area (Å²) in [6, 6.07) is 6.61. The van der Waals surface area contributed by atoms with Gasteiger partial charge < -0.3 is 24.8 Å². The first-order valence-corrected chi connectivity index (χ1v) is 13.8. The Morgan fingerprint density at radius 2 is 1.75 bits per heavy atom. The maximum atomic E-state index is 13.9. The average molecular weight is 497 g/mol. The lowest BCUT2D eigenvalue weighted by molar-refractivity contribution is -0.139. The number of anilines is 1. The number of carbonyl (C=O) groups excluding carboxylic acids is 3. The molecule has 1 N–H and O–H groups in total. The van der Waals surface area contributed by atoms with Gasteiger partial charge in [0, 0.05) is 49.9 Å². The van der Waals surface area contributed by atoms with Crippen LogP contribution in [0.3, 0.4) is 0 Å². The van der Waals surface area contributed by atoms with Crippen LogP contribution in [0.25, 0.3) is 0 Å². The van der Waals surface area contributed by atoms with E-state index in [1.54, 1.807) is 4.90 Å². The molecule has 36 heavy (non-hydrogen) atoms. The molecule has 8 nitrogen and oxygen atoms in total. The highest BCUT2D eigenvalue weighted by Crippen LogP contribution is 2.36. The summed E-state index contributed by atoms with van der Waals surface area (Å²) in [5.74, 6) is -0.0983. The van der Waals surface area contributed by atoms with Gasteiger partial charge in [-0.1, -0.05) is 26.2 Å². The van der Waals surface area contributed by atoms with Gasteiger partial charge in [0.25, 0.3) is 5.91 Å². The molecular formula is C28H40N4O4. The van der Waals surface area contributed by atoms with Crippen molar-refractivity contribution in [1.82, 2.24) is 15.1 Å². The quantitative estimate of drug-likeness (QED) is 0.651. The van der Waals surface area contributed by atoms with Crippen LogP contribution in [0.5, 0.6) is 0 Å². The molecule has 0 aromatic heterocycles. The highest BCUT2D eigenvalue weighted by molar-refractivity contribution is 5.99. The van der Waals surface area contributed by atoms with E-state index < -0.39 is 12.1 Å². The highest BCUT2D eigenvalue weighted by Gasteiger charge is 2.53. The van der Waals surface area contributed by atoms with Gasteiger partial charge in [0.1, 0.15) is 18.7 Å². The monoisotopic (exact) mass is 496 g/mol. The molecule has 0 spiro atoms. The summed E-state index contributed by atoms with van der Waals surface area (Å²) >= 11 is 0. The highest BCUT2D eigenvalue weighted by atomic mass is 16.5. The Kier molecular flexibility index (Phi) is 7.62. The van der Waals surface area contributed by atoms with E-state index in [0.29, 0.717) is 12.1 Å². The molecule has 0 radical (unpaired) electrons. The maximum Gasteiger partial charge on any atom is 0.251 e. The second-order valence-corrected chi connectivity index (χ2v) is 11.0. The molecule has 1 aliphatic carbocycles. The summed E-state index contributed by atoms with van der Waals surface area (Å²) in [6.07, 6.45) is 5.78. The first-order valence-electron chi connectivity index (χ1n) is 13.8. The molecular weight excluding hydrogens is 456 g/mol. The Balaban J connectivity index is 1.31. The third kappa shape index (κ3) is 5.02. The number of nitrogens with one attached hydrogen (secondary N) is 1. The number of nitrogens with zero attached hydrogens (tertiary/aromatic N) is 3. The zero-order valence-electron chi connectivity index (χ0n) is 21.7. The number of benzene rings is 1. The number of carbonyl (C=O) groups is 3. The van der Waals surface area contributed by atoms with Gasteiger partial charge in [-0.3, -0.25) is 14.4 Å². The molecule has 3 aliphatic heterocycles. The number of hydrogen-bond acceptors (Lipinski definition) is 6. The number of ketones is 1. The number of fused-ring (bicyclic) bond motifs is 1. The van der Waals surface area contributed by atoms with Crippen LogP contribution in [-0.2, 0) is 14.3 Å². The fourth-order valence-corrected chi connectivity index (χ4v) is 6.48. The van der Waals surface area contributed by atoms with Crippen molar-refractivity contribution in [3.8, 4) is 0 Å². The standard InChI is InChI=1S/C28H40N4O4/c1-3-19-17-32(25-23(33)18-36-26(19)25)28(35)24(20-7-5-4-6-8-20)29-27(34)21-9-11-22(12-10-21)31-15-13-30(2)14-16-31/h9-12,19-20,24-26H,3-8,13-18H2,1-2H3,(H,29,34)/t19-,24-,25+,26+/m0/s1. The zero-order chi connectivity index (χ0) is 25.2. The Labute approximate surface area is 214 Å². The summed E-state index contributed by atoms with van der Waals surface area (Å²) in [5.41, 5.74) is 1.68. The van der Waals surface area contributed by atoms with Gasteiger partial charge in [0.2, 0.25) is 5.91 Å². The second-order valence-electron chi connectivity index (χ2n) is 11.0. The van der Waals surface area contributed by atoms with Gasteiger partial charge in [0.15, 0.2) is 5.78 Å². The molecule has 5 rings (SSSR count). The number of hydrogen-bond donors (Lipinski definition) is 1. The van der Waals surface area contributed by atoms with E-state index in [9.17, 15) is 14.4 Å². The Morgan fingerprint density at radius 3 is 2.42 bits per heavy atom. The lowest BCUT2D eigenvalue weighted by Gasteiger charge is -2.34. The molecule has 4 atom stereocenters. The fraction of sp³-hybridized carbons (Fsp3) is 0.679. The van der Waals surface area contributed by atoms with Crippen LogP contribution in [0.1, 0.15) is 55.8 Å². The molecule has 1 aromatic rings. The van der Waals surface area contributed by atoms with Crippen molar-refractivity contribution < 1.29 is 19.1 Å². The fourth-order valence-electron chi connectivity index (χ4n) is 6.48. The van der Waals surface area contributed by atoms with E-state index >= 15 is 0 Å². The number of piperazine rings is 1. The van der Waals surface area contributed by atoms with E-state index in [0.717, 1.165) is 70.4 Å². The van der Waals surface area contributed by atoms with Gasteiger partial charge in [-0.15, -0.1) is 0 Å². The third-order valence-electron chi connectivity index (χ3n) is 8.77. The number of amides is 2. The van der Waals surface area contributed by atoms with Crippen LogP contribution >= 0.6 is 0 Å². The smallest absolute Gasteiger partial charge is 0.251 e. The first kappa shape index (κ1) is 25.2. The zero-order valence-corrected chi connectivity index (χ0v) is 21.7. The van der Waals surface area contributed by atoms with Crippen molar-refractivity contribution in [1.29, 1.82) is 0 Å². The molecule has 1 aromatic carbocycles. The summed E-state index contributed by atoms with van der Waals surface area (Å²) < 4.78 is 5.78. The van der Waals surface area contributed by atoms with Crippen molar-refractivity contribution in [2.75, 3.05) is 51.3 Å². The van der Waals surface area contributed by atoms with E-state index in [-0.39, 0.29) is 42.1 Å². The minimum Gasteiger partial charge on any atom is -0.369 e. The second kappa shape index (κ2) is 10.9. The summed E-state index contributed by atoms with van der Waals surface area (Å²) in [5, 5.41) is 3.11. The topological polar surface area (TPSA) is 82.2 Å². The van der Waals surface area contributed by atoms with Crippen molar-refractivity contribution in [3.05, 3.63) is 29.8 Å². The minimum atomic E-state index is -0.611. The van der Waals surface area contributed by atoms with Crippen LogP contribution in [0.2, 0.25) is 0 Å². The van der Waals surface area contributed by atoms with Gasteiger partial charge in [-0.25, -0.2) is 0 Å². The molecule has 3 heterocycles. The molecule has 3 saturated heterocycles. The van der Waals surface area contributed by atoms with E-state index in [1.807, 2.05) is 24.3 Å². The molecule has 0 bridgehead atoms. The largest absolute Gasteiger partial charge is 0.369 e. The Hall–Kier alpha value is -2.45. The molecule has 4 fully saturated rings. The van der Waals surface area contributed by atoms with Gasteiger partial charge in [0.05, 0.1) is 6.10 Å². The van der Waals surface area contributed by atoms with Gasteiger partial charge >= 0.3 is 0 Å². The predicted molar refractivity (Wildman–Crippen MR) is 138 cm³/mol. The Morgan fingerprint density at radius 1 is 1.06 bits per heavy atom. The van der Waals surface area contributed by atoms with Crippen LogP contribution in [0, 0.1) is 11.8 Å². The molecule has 2 amide bonds. The summed E-state index contributed by atoms with van der Waals surface area (Å²) in [6.45, 7) is 6.67. The van der Waals surface area contributed by atoms with Crippen molar-refractivity contribution >= 4 is 23.3 Å². The van der Waals surface area contributed by atoms with Crippen molar-refractivity contribution in [3.63, 3.8) is 0 Å². The third-order valence-corrected chi connectivity index (χ3v) is 8.77. The number of Topliss-reactive ketones (excluding diaryl/α,β-unsaturated/α-hetero) is 1. The average Bonchev–Trinajstić information content (AvgIpc) is 3.48. The minimum absolute atomic E-state index is 0.0162. The lowest BCUT2D eigenvalue weighted by Crippen LogP contribution is -2.55.